The van der Waals surface area contributed by atoms with E-state index in [2.05, 4.69) is 35.5 Å². The van der Waals surface area contributed by atoms with Gasteiger partial charge in [-0.1, -0.05) is 23.8 Å². The van der Waals surface area contributed by atoms with E-state index in [1.807, 2.05) is 0 Å². The zero-order valence-corrected chi connectivity index (χ0v) is 5.91. The zero-order chi connectivity index (χ0) is 6.97. The zero-order valence-electron chi connectivity index (χ0n) is 5.91. The van der Waals surface area contributed by atoms with Gasteiger partial charge in [0.15, 0.2) is 0 Å². The summed E-state index contributed by atoms with van der Waals surface area (Å²) in [7, 11) is 0. The Morgan fingerprint density at radius 3 is 3.40 bits per heavy atom. The number of rotatable bonds is 0. The Kier molecular flexibility index (Phi) is 1.13. The predicted octanol–water partition coefficient (Wildman–Crippen LogP) is 0.871. The van der Waals surface area contributed by atoms with E-state index in [9.17, 15) is 0 Å². The lowest BCUT2D eigenvalue weighted by Gasteiger charge is -2.15. The van der Waals surface area contributed by atoms with Crippen LogP contribution in [-0.4, -0.2) is 18.4 Å². The van der Waals surface area contributed by atoms with Gasteiger partial charge >= 0.3 is 0 Å². The largest absolute Gasteiger partial charge is 0.368 e. The summed E-state index contributed by atoms with van der Waals surface area (Å²) in [5.41, 5.74) is 1.31. The first kappa shape index (κ1) is 5.71. The van der Waals surface area contributed by atoms with Crippen molar-refractivity contribution in [3.05, 3.63) is 23.8 Å². The minimum absolute atomic E-state index is 0.352. The molecule has 0 aromatic heterocycles. The fraction of sp³-hybridized carbons (Fsp3) is 0.375. The highest BCUT2D eigenvalue weighted by atomic mass is 15.1. The maximum absolute atomic E-state index is 4.24. The Morgan fingerprint density at radius 1 is 1.60 bits per heavy atom. The molecule has 0 fully saturated rings. The number of allylic oxidation sites excluding steroid dienone is 2. The highest BCUT2D eigenvalue weighted by Crippen LogP contribution is 2.15. The third-order valence-corrected chi connectivity index (χ3v) is 1.88. The highest BCUT2D eigenvalue weighted by Gasteiger charge is 2.20. The van der Waals surface area contributed by atoms with Crippen molar-refractivity contribution < 1.29 is 0 Å². The van der Waals surface area contributed by atoms with Crippen LogP contribution in [0.4, 0.5) is 0 Å². The molecule has 0 spiro atoms. The summed E-state index contributed by atoms with van der Waals surface area (Å²) in [5, 5.41) is 3.16. The normalized spacial score (nSPS) is 35.1. The quantitative estimate of drug-likeness (QED) is 0.522. The first-order chi connectivity index (χ1) is 4.86. The first-order valence-electron chi connectivity index (χ1n) is 3.50. The molecular formula is C8H10N2. The van der Waals surface area contributed by atoms with Gasteiger partial charge in [0.2, 0.25) is 0 Å². The van der Waals surface area contributed by atoms with Gasteiger partial charge in [0.05, 0.1) is 18.4 Å². The van der Waals surface area contributed by atoms with Crippen LogP contribution in [0.15, 0.2) is 28.8 Å². The summed E-state index contributed by atoms with van der Waals surface area (Å²) < 4.78 is 0. The monoisotopic (exact) mass is 134 g/mol. The van der Waals surface area contributed by atoms with E-state index >= 15 is 0 Å². The molecule has 0 aromatic carbocycles. The van der Waals surface area contributed by atoms with Gasteiger partial charge < -0.3 is 5.32 Å². The van der Waals surface area contributed by atoms with Crippen LogP contribution in [0.3, 0.4) is 0 Å². The second kappa shape index (κ2) is 1.97. The lowest BCUT2D eigenvalue weighted by atomic mass is 10.0. The predicted molar refractivity (Wildman–Crippen MR) is 42.1 cm³/mol. The molecule has 2 unspecified atom stereocenters. The second-order valence-corrected chi connectivity index (χ2v) is 2.73. The number of hydrogen-bond donors (Lipinski definition) is 1. The molecule has 2 atom stereocenters. The molecule has 10 heavy (non-hydrogen) atoms. The van der Waals surface area contributed by atoms with Crippen molar-refractivity contribution in [3.63, 3.8) is 0 Å². The third-order valence-electron chi connectivity index (χ3n) is 1.88. The molecule has 2 heteroatoms. The van der Waals surface area contributed by atoms with Crippen molar-refractivity contribution in [3.8, 4) is 0 Å². The molecule has 1 heterocycles. The van der Waals surface area contributed by atoms with Crippen LogP contribution in [0.1, 0.15) is 6.92 Å². The van der Waals surface area contributed by atoms with Gasteiger partial charge in [-0.3, -0.25) is 4.99 Å². The molecule has 0 aromatic rings. The Balaban J connectivity index is 2.26. The van der Waals surface area contributed by atoms with Crippen LogP contribution in [0, 0.1) is 0 Å². The number of nitrogens with one attached hydrogen (secondary N) is 1. The standard InChI is InChI=1S/C8H10N2/c1-6-2-3-7-8(4-6)10-5-9-7/h2-5,7-8H,1H3,(H,9,10). The summed E-state index contributed by atoms with van der Waals surface area (Å²) in [5.74, 6) is 0. The van der Waals surface area contributed by atoms with Gasteiger partial charge in [-0.2, -0.15) is 0 Å². The van der Waals surface area contributed by atoms with Crippen LogP contribution < -0.4 is 5.32 Å². The molecule has 1 aliphatic heterocycles. The van der Waals surface area contributed by atoms with Crippen molar-refractivity contribution in [2.24, 2.45) is 4.99 Å². The molecule has 0 bridgehead atoms. The van der Waals surface area contributed by atoms with E-state index in [0.717, 1.165) is 0 Å². The smallest absolute Gasteiger partial charge is 0.0940 e. The Bertz CT molecular complexity index is 225. The molecule has 2 nitrogen and oxygen atoms in total. The van der Waals surface area contributed by atoms with Crippen molar-refractivity contribution in [1.82, 2.24) is 5.32 Å². The van der Waals surface area contributed by atoms with E-state index in [1.54, 1.807) is 6.34 Å². The summed E-state index contributed by atoms with van der Waals surface area (Å²) in [6.45, 7) is 2.10. The van der Waals surface area contributed by atoms with Crippen LogP contribution in [0.2, 0.25) is 0 Å². The van der Waals surface area contributed by atoms with Crippen molar-refractivity contribution in [1.29, 1.82) is 0 Å². The first-order valence-corrected chi connectivity index (χ1v) is 3.50. The van der Waals surface area contributed by atoms with Crippen LogP contribution >= 0.6 is 0 Å². The van der Waals surface area contributed by atoms with Crippen LogP contribution in [0.5, 0.6) is 0 Å². The topological polar surface area (TPSA) is 24.4 Å². The Labute approximate surface area is 60.3 Å². The van der Waals surface area contributed by atoms with E-state index in [-0.39, 0.29) is 0 Å². The summed E-state index contributed by atoms with van der Waals surface area (Å²) in [6, 6.07) is 0.772. The lowest BCUT2D eigenvalue weighted by Crippen LogP contribution is -2.29. The summed E-state index contributed by atoms with van der Waals surface area (Å²) in [4.78, 5) is 4.24. The highest BCUT2D eigenvalue weighted by molar-refractivity contribution is 5.60. The van der Waals surface area contributed by atoms with Gasteiger partial charge in [0.25, 0.3) is 0 Å². The van der Waals surface area contributed by atoms with E-state index < -0.39 is 0 Å². The maximum atomic E-state index is 4.24. The fourth-order valence-electron chi connectivity index (χ4n) is 1.30. The van der Waals surface area contributed by atoms with Crippen molar-refractivity contribution in [2.45, 2.75) is 19.0 Å². The Hall–Kier alpha value is -1.05. The number of fused-ring (bicyclic) bond motifs is 1. The minimum Gasteiger partial charge on any atom is -0.368 e. The van der Waals surface area contributed by atoms with Gasteiger partial charge in [-0.25, -0.2) is 0 Å². The van der Waals surface area contributed by atoms with Gasteiger partial charge in [0, 0.05) is 0 Å². The van der Waals surface area contributed by atoms with Gasteiger partial charge in [-0.15, -0.1) is 0 Å². The van der Waals surface area contributed by atoms with E-state index in [1.165, 1.54) is 5.57 Å². The molecule has 1 aliphatic carbocycles. The average Bonchev–Trinajstić information content (AvgIpc) is 2.33. The molecule has 2 aliphatic rings. The molecule has 0 amide bonds. The maximum Gasteiger partial charge on any atom is 0.0940 e. The Morgan fingerprint density at radius 2 is 2.50 bits per heavy atom. The number of nitrogens with zero attached hydrogens (tertiary/aromatic N) is 1. The molecule has 2 rings (SSSR count). The van der Waals surface area contributed by atoms with Gasteiger partial charge in [0.1, 0.15) is 0 Å². The van der Waals surface area contributed by atoms with Crippen LogP contribution in [0.25, 0.3) is 0 Å². The minimum atomic E-state index is 0.352. The van der Waals surface area contributed by atoms with Crippen molar-refractivity contribution >= 4 is 6.34 Å². The molecule has 1 N–H and O–H groups in total. The molecule has 52 valence electrons. The SMILES string of the molecule is CC1=CC2N=CNC2C=C1. The number of hydrogen-bond acceptors (Lipinski definition) is 2. The van der Waals surface area contributed by atoms with E-state index in [0.29, 0.717) is 12.1 Å². The summed E-state index contributed by atoms with van der Waals surface area (Å²) in [6.07, 6.45) is 8.26. The van der Waals surface area contributed by atoms with Crippen molar-refractivity contribution in [2.75, 3.05) is 0 Å². The second-order valence-electron chi connectivity index (χ2n) is 2.73. The molecule has 0 saturated carbocycles. The molecular weight excluding hydrogens is 124 g/mol. The number of aliphatic imine (C=N–C) groups is 1. The van der Waals surface area contributed by atoms with Gasteiger partial charge in [-0.05, 0) is 6.92 Å². The molecule has 0 radical (unpaired) electrons. The molecule has 0 saturated heterocycles. The third kappa shape index (κ3) is 0.764. The lowest BCUT2D eigenvalue weighted by molar-refractivity contribution is 0.691. The fourth-order valence-corrected chi connectivity index (χ4v) is 1.30. The van der Waals surface area contributed by atoms with Crippen LogP contribution in [-0.2, 0) is 0 Å². The average molecular weight is 134 g/mol. The summed E-state index contributed by atoms with van der Waals surface area (Å²) >= 11 is 0. The van der Waals surface area contributed by atoms with E-state index in [4.69, 9.17) is 0 Å².